The third-order valence-electron chi connectivity index (χ3n) is 2.50. The number of carbonyl (C=O) groups excluding carboxylic acids is 1. The molecular weight excluding hydrogens is 250 g/mol. The Labute approximate surface area is 107 Å². The van der Waals surface area contributed by atoms with E-state index in [0.717, 1.165) is 5.56 Å². The first-order chi connectivity index (χ1) is 8.43. The van der Waals surface area contributed by atoms with E-state index < -0.39 is 9.84 Å². The van der Waals surface area contributed by atoms with Crippen LogP contribution in [-0.4, -0.2) is 25.7 Å². The predicted octanol–water partition coefficient (Wildman–Crippen LogP) is 1.68. The molecule has 0 spiro atoms. The Morgan fingerprint density at radius 2 is 1.89 bits per heavy atom. The smallest absolute Gasteiger partial charge is 0.156 e. The second-order valence-corrected chi connectivity index (χ2v) is 6.43. The van der Waals surface area contributed by atoms with Crippen LogP contribution in [0.15, 0.2) is 30.3 Å². The summed E-state index contributed by atoms with van der Waals surface area (Å²) in [6.45, 7) is 1.57. The van der Waals surface area contributed by atoms with Crippen molar-refractivity contribution in [2.45, 2.75) is 13.3 Å². The fraction of sp³-hybridized carbons (Fsp3) is 0.308. The van der Waals surface area contributed by atoms with Gasteiger partial charge in [-0.2, -0.15) is 0 Å². The molecule has 4 nitrogen and oxygen atoms in total. The van der Waals surface area contributed by atoms with Crippen molar-refractivity contribution in [2.75, 3.05) is 17.2 Å². The number of allylic oxidation sites excluding steroid dienone is 1. The van der Waals surface area contributed by atoms with Gasteiger partial charge in [-0.25, -0.2) is 8.42 Å². The van der Waals surface area contributed by atoms with Gasteiger partial charge in [-0.1, -0.05) is 25.1 Å². The number of ketones is 1. The third-order valence-corrected chi connectivity index (χ3v) is 4.20. The quantitative estimate of drug-likeness (QED) is 0.628. The maximum Gasteiger partial charge on any atom is 0.156 e. The van der Waals surface area contributed by atoms with Crippen molar-refractivity contribution < 1.29 is 13.2 Å². The molecular formula is C13H17NO3S. The average molecular weight is 267 g/mol. The van der Waals surface area contributed by atoms with Crippen LogP contribution in [0.2, 0.25) is 0 Å². The molecule has 0 fully saturated rings. The van der Waals surface area contributed by atoms with Gasteiger partial charge in [0.2, 0.25) is 0 Å². The number of nitrogens with two attached hydrogens (primary N) is 1. The molecule has 0 atom stereocenters. The largest absolute Gasteiger partial charge is 0.399 e. The maximum atomic E-state index is 11.5. The molecule has 1 aromatic rings. The summed E-state index contributed by atoms with van der Waals surface area (Å²) in [6.07, 6.45) is 3.08. The second kappa shape index (κ2) is 6.35. The zero-order valence-electron chi connectivity index (χ0n) is 10.3. The molecule has 2 N–H and O–H groups in total. The van der Waals surface area contributed by atoms with Gasteiger partial charge in [-0.15, -0.1) is 0 Å². The first kappa shape index (κ1) is 14.4. The van der Waals surface area contributed by atoms with Crippen LogP contribution in [0.1, 0.15) is 18.9 Å². The number of hydrogen-bond acceptors (Lipinski definition) is 4. The summed E-state index contributed by atoms with van der Waals surface area (Å²) in [5.41, 5.74) is 7.05. The van der Waals surface area contributed by atoms with Crippen molar-refractivity contribution in [3.8, 4) is 0 Å². The lowest BCUT2D eigenvalue weighted by Gasteiger charge is -1.98. The highest BCUT2D eigenvalue weighted by molar-refractivity contribution is 7.91. The van der Waals surface area contributed by atoms with Crippen LogP contribution in [0.3, 0.4) is 0 Å². The highest BCUT2D eigenvalue weighted by Gasteiger charge is 2.09. The number of rotatable bonds is 6. The van der Waals surface area contributed by atoms with Crippen molar-refractivity contribution in [3.63, 3.8) is 0 Å². The molecule has 0 saturated heterocycles. The number of benzene rings is 1. The van der Waals surface area contributed by atoms with Crippen LogP contribution >= 0.6 is 0 Å². The Bertz CT molecular complexity index is 530. The molecule has 0 aliphatic rings. The molecule has 0 aromatic heterocycles. The maximum absolute atomic E-state index is 11.5. The Morgan fingerprint density at radius 3 is 2.44 bits per heavy atom. The molecule has 98 valence electrons. The van der Waals surface area contributed by atoms with E-state index in [0.29, 0.717) is 5.69 Å². The average Bonchev–Trinajstić information content (AvgIpc) is 2.36. The van der Waals surface area contributed by atoms with Gasteiger partial charge in [0.1, 0.15) is 9.84 Å². The van der Waals surface area contributed by atoms with Crippen LogP contribution in [-0.2, 0) is 14.6 Å². The van der Waals surface area contributed by atoms with E-state index in [1.165, 1.54) is 6.08 Å². The molecule has 5 heteroatoms. The lowest BCUT2D eigenvalue weighted by Crippen LogP contribution is -2.11. The summed E-state index contributed by atoms with van der Waals surface area (Å²) in [4.78, 5) is 11.5. The van der Waals surface area contributed by atoms with Crippen molar-refractivity contribution in [1.29, 1.82) is 0 Å². The number of nitrogen functional groups attached to an aromatic ring is 1. The Balaban J connectivity index is 2.52. The molecule has 0 amide bonds. The lowest BCUT2D eigenvalue weighted by atomic mass is 10.1. The van der Waals surface area contributed by atoms with Crippen molar-refractivity contribution in [1.82, 2.24) is 0 Å². The molecule has 0 radical (unpaired) electrons. The van der Waals surface area contributed by atoms with Gasteiger partial charge in [0, 0.05) is 17.9 Å². The normalized spacial score (nSPS) is 11.8. The SMILES string of the molecule is CCS(=O)(=O)CCC(=O)/C=C/c1ccc(N)cc1. The van der Waals surface area contributed by atoms with Gasteiger partial charge < -0.3 is 5.73 Å². The summed E-state index contributed by atoms with van der Waals surface area (Å²) in [5.74, 6) is -0.208. The molecule has 1 rings (SSSR count). The molecule has 0 aliphatic carbocycles. The van der Waals surface area contributed by atoms with Gasteiger partial charge in [0.25, 0.3) is 0 Å². The minimum absolute atomic E-state index is 0.0294. The summed E-state index contributed by atoms with van der Waals surface area (Å²) >= 11 is 0. The van der Waals surface area contributed by atoms with Gasteiger partial charge in [-0.3, -0.25) is 4.79 Å². The van der Waals surface area contributed by atoms with E-state index in [1.807, 2.05) is 0 Å². The van der Waals surface area contributed by atoms with Gasteiger partial charge in [0.05, 0.1) is 5.75 Å². The van der Waals surface area contributed by atoms with Crippen LogP contribution in [0.5, 0.6) is 0 Å². The van der Waals surface area contributed by atoms with E-state index >= 15 is 0 Å². The topological polar surface area (TPSA) is 77.2 Å². The zero-order valence-corrected chi connectivity index (χ0v) is 11.1. The van der Waals surface area contributed by atoms with Gasteiger partial charge >= 0.3 is 0 Å². The standard InChI is InChI=1S/C13H17NO3S/c1-2-18(16,17)10-9-13(15)8-5-11-3-6-12(14)7-4-11/h3-8H,2,9-10,14H2,1H3/b8-5+. The van der Waals surface area contributed by atoms with E-state index in [4.69, 9.17) is 5.73 Å². The first-order valence-electron chi connectivity index (χ1n) is 5.70. The van der Waals surface area contributed by atoms with Crippen LogP contribution < -0.4 is 5.73 Å². The molecule has 0 aliphatic heterocycles. The molecule has 0 bridgehead atoms. The minimum Gasteiger partial charge on any atom is -0.399 e. The highest BCUT2D eigenvalue weighted by atomic mass is 32.2. The Kier molecular flexibility index (Phi) is 5.09. The van der Waals surface area contributed by atoms with E-state index in [-0.39, 0.29) is 23.7 Å². The monoisotopic (exact) mass is 267 g/mol. The summed E-state index contributed by atoms with van der Waals surface area (Å²) < 4.78 is 22.5. The fourth-order valence-electron chi connectivity index (χ4n) is 1.28. The Hall–Kier alpha value is -1.62. The lowest BCUT2D eigenvalue weighted by molar-refractivity contribution is -0.114. The summed E-state index contributed by atoms with van der Waals surface area (Å²) in [7, 11) is -3.07. The number of carbonyl (C=O) groups is 1. The number of sulfone groups is 1. The van der Waals surface area contributed by atoms with Gasteiger partial charge in [0.15, 0.2) is 5.78 Å². The molecule has 0 heterocycles. The molecule has 18 heavy (non-hydrogen) atoms. The number of hydrogen-bond donors (Lipinski definition) is 1. The third kappa shape index (κ3) is 5.14. The molecule has 0 saturated carbocycles. The second-order valence-electron chi connectivity index (χ2n) is 3.95. The summed E-state index contributed by atoms with van der Waals surface area (Å²) in [5, 5.41) is 0. The Morgan fingerprint density at radius 1 is 1.28 bits per heavy atom. The van der Waals surface area contributed by atoms with Crippen molar-refractivity contribution >= 4 is 27.4 Å². The zero-order chi connectivity index (χ0) is 13.6. The number of anilines is 1. The van der Waals surface area contributed by atoms with Crippen molar-refractivity contribution in [3.05, 3.63) is 35.9 Å². The molecule has 1 aromatic carbocycles. The van der Waals surface area contributed by atoms with Crippen LogP contribution in [0.4, 0.5) is 5.69 Å². The minimum atomic E-state index is -3.07. The molecule has 0 unspecified atom stereocenters. The highest BCUT2D eigenvalue weighted by Crippen LogP contribution is 2.07. The van der Waals surface area contributed by atoms with E-state index in [2.05, 4.69) is 0 Å². The summed E-state index contributed by atoms with van der Waals surface area (Å²) in [6, 6.07) is 7.07. The van der Waals surface area contributed by atoms with Crippen LogP contribution in [0, 0.1) is 0 Å². The van der Waals surface area contributed by atoms with E-state index in [1.54, 1.807) is 37.3 Å². The van der Waals surface area contributed by atoms with E-state index in [9.17, 15) is 13.2 Å². The fourth-order valence-corrected chi connectivity index (χ4v) is 2.08. The van der Waals surface area contributed by atoms with Crippen LogP contribution in [0.25, 0.3) is 6.08 Å². The van der Waals surface area contributed by atoms with Crippen molar-refractivity contribution in [2.24, 2.45) is 0 Å². The predicted molar refractivity (Wildman–Crippen MR) is 73.8 cm³/mol. The van der Waals surface area contributed by atoms with Gasteiger partial charge in [-0.05, 0) is 23.8 Å². The first-order valence-corrected chi connectivity index (χ1v) is 7.52.